The summed E-state index contributed by atoms with van der Waals surface area (Å²) in [6.45, 7) is 6.28. The molecule has 2 N–H and O–H groups in total. The Morgan fingerprint density at radius 3 is 2.84 bits per heavy atom. The van der Waals surface area contributed by atoms with Crippen LogP contribution in [0.3, 0.4) is 0 Å². The first-order chi connectivity index (χ1) is 15.0. The number of rotatable bonds is 7. The van der Waals surface area contributed by atoms with Crippen LogP contribution >= 0.6 is 11.3 Å². The number of aromatic nitrogens is 2. The lowest BCUT2D eigenvalue weighted by atomic mass is 10.2. The van der Waals surface area contributed by atoms with Gasteiger partial charge in [0.2, 0.25) is 0 Å². The second-order valence-corrected chi connectivity index (χ2v) is 8.66. The van der Waals surface area contributed by atoms with E-state index in [2.05, 4.69) is 30.4 Å². The van der Waals surface area contributed by atoms with E-state index < -0.39 is 0 Å². The molecule has 0 radical (unpaired) electrons. The number of hydrogen-bond donors (Lipinski definition) is 2. The molecule has 3 amide bonds. The van der Waals surface area contributed by atoms with Crippen LogP contribution in [0.15, 0.2) is 23.8 Å². The molecule has 0 aromatic carbocycles. The third-order valence-electron chi connectivity index (χ3n) is 5.37. The molecule has 2 aromatic rings. The Kier molecular flexibility index (Phi) is 6.64. The summed E-state index contributed by atoms with van der Waals surface area (Å²) in [5.41, 5.74) is 1.91. The van der Waals surface area contributed by atoms with Crippen LogP contribution in [-0.2, 0) is 0 Å². The van der Waals surface area contributed by atoms with Crippen LogP contribution in [0, 0.1) is 0 Å². The molecule has 0 spiro atoms. The van der Waals surface area contributed by atoms with Gasteiger partial charge in [-0.1, -0.05) is 0 Å². The van der Waals surface area contributed by atoms with Gasteiger partial charge in [0.1, 0.15) is 5.69 Å². The molecule has 4 heterocycles. The van der Waals surface area contributed by atoms with E-state index in [1.807, 2.05) is 25.1 Å². The van der Waals surface area contributed by atoms with Crippen molar-refractivity contribution in [3.63, 3.8) is 0 Å². The third kappa shape index (κ3) is 4.94. The summed E-state index contributed by atoms with van der Waals surface area (Å²) < 4.78 is 0. The van der Waals surface area contributed by atoms with E-state index in [1.54, 1.807) is 22.7 Å². The van der Waals surface area contributed by atoms with Crippen LogP contribution in [-0.4, -0.2) is 98.2 Å². The van der Waals surface area contributed by atoms with E-state index in [9.17, 15) is 9.59 Å². The lowest BCUT2D eigenvalue weighted by Crippen LogP contribution is -2.43. The van der Waals surface area contributed by atoms with Gasteiger partial charge >= 0.3 is 6.03 Å². The Morgan fingerprint density at radius 1 is 1.26 bits per heavy atom. The number of pyridine rings is 1. The molecule has 2 saturated heterocycles. The highest BCUT2D eigenvalue weighted by Crippen LogP contribution is 2.27. The van der Waals surface area contributed by atoms with Crippen molar-refractivity contribution in [1.82, 2.24) is 25.1 Å². The molecule has 166 valence electrons. The van der Waals surface area contributed by atoms with Crippen LogP contribution in [0.1, 0.15) is 10.5 Å². The van der Waals surface area contributed by atoms with Crippen molar-refractivity contribution < 1.29 is 9.59 Å². The van der Waals surface area contributed by atoms with Gasteiger partial charge in [-0.25, -0.2) is 9.78 Å². The molecule has 11 heteroatoms. The van der Waals surface area contributed by atoms with E-state index in [0.29, 0.717) is 36.1 Å². The van der Waals surface area contributed by atoms with Crippen molar-refractivity contribution in [3.8, 4) is 0 Å². The lowest BCUT2D eigenvalue weighted by molar-refractivity contribution is 0.102. The molecule has 4 rings (SSSR count). The SMILES string of the molecule is CN(C)CCN1CCN(c2nc(C(=O)Nc3cnccc3N3CCNCC3)cs2)C1=O. The molecule has 2 aliphatic heterocycles. The van der Waals surface area contributed by atoms with Crippen molar-refractivity contribution >= 4 is 39.8 Å². The lowest BCUT2D eigenvalue weighted by Gasteiger charge is -2.30. The summed E-state index contributed by atoms with van der Waals surface area (Å²) in [4.78, 5) is 41.9. The van der Waals surface area contributed by atoms with Gasteiger partial charge in [-0.2, -0.15) is 0 Å². The fraction of sp³-hybridized carbons (Fsp3) is 0.500. The summed E-state index contributed by atoms with van der Waals surface area (Å²) >= 11 is 1.31. The molecule has 0 aliphatic carbocycles. The van der Waals surface area contributed by atoms with Crippen LogP contribution in [0.25, 0.3) is 0 Å². The zero-order chi connectivity index (χ0) is 21.8. The van der Waals surface area contributed by atoms with E-state index in [-0.39, 0.29) is 11.9 Å². The molecule has 2 aliphatic rings. The summed E-state index contributed by atoms with van der Waals surface area (Å²) in [5, 5.41) is 8.52. The number of urea groups is 1. The van der Waals surface area contributed by atoms with E-state index >= 15 is 0 Å². The normalized spacial score (nSPS) is 17.0. The third-order valence-corrected chi connectivity index (χ3v) is 6.24. The van der Waals surface area contributed by atoms with Crippen molar-refractivity contribution in [2.24, 2.45) is 0 Å². The van der Waals surface area contributed by atoms with Gasteiger partial charge in [0, 0.05) is 63.9 Å². The number of carbonyl (C=O) groups is 2. The minimum absolute atomic E-state index is 0.0589. The maximum absolute atomic E-state index is 12.9. The molecular formula is C20H28N8O2S. The van der Waals surface area contributed by atoms with Gasteiger partial charge in [0.25, 0.3) is 5.91 Å². The van der Waals surface area contributed by atoms with Gasteiger partial charge in [-0.15, -0.1) is 11.3 Å². The number of nitrogens with one attached hydrogen (secondary N) is 2. The summed E-state index contributed by atoms with van der Waals surface area (Å²) in [5.74, 6) is -0.303. The van der Waals surface area contributed by atoms with Gasteiger partial charge in [-0.05, 0) is 20.2 Å². The average Bonchev–Trinajstić information content (AvgIpc) is 3.40. The zero-order valence-electron chi connectivity index (χ0n) is 17.9. The zero-order valence-corrected chi connectivity index (χ0v) is 18.7. The molecule has 0 atom stereocenters. The molecule has 10 nitrogen and oxygen atoms in total. The molecule has 0 bridgehead atoms. The maximum Gasteiger partial charge on any atom is 0.326 e. The average molecular weight is 445 g/mol. The predicted molar refractivity (Wildman–Crippen MR) is 122 cm³/mol. The van der Waals surface area contributed by atoms with Crippen LogP contribution in [0.2, 0.25) is 0 Å². The van der Waals surface area contributed by atoms with Gasteiger partial charge in [0.15, 0.2) is 5.13 Å². The number of hydrogen-bond acceptors (Lipinski definition) is 8. The minimum Gasteiger partial charge on any atom is -0.367 e. The van der Waals surface area contributed by atoms with E-state index in [0.717, 1.165) is 38.4 Å². The van der Waals surface area contributed by atoms with E-state index in [1.165, 1.54) is 11.3 Å². The Balaban J connectivity index is 1.42. The summed E-state index contributed by atoms with van der Waals surface area (Å²) in [7, 11) is 3.97. The Bertz CT molecular complexity index is 927. The molecule has 31 heavy (non-hydrogen) atoms. The molecule has 2 aromatic heterocycles. The summed E-state index contributed by atoms with van der Waals surface area (Å²) in [6, 6.07) is 1.86. The van der Waals surface area contributed by atoms with E-state index in [4.69, 9.17) is 0 Å². The summed E-state index contributed by atoms with van der Waals surface area (Å²) in [6.07, 6.45) is 3.39. The fourth-order valence-electron chi connectivity index (χ4n) is 3.63. The van der Waals surface area contributed by atoms with Crippen molar-refractivity contribution in [1.29, 1.82) is 0 Å². The first-order valence-electron chi connectivity index (χ1n) is 10.4. The van der Waals surface area contributed by atoms with Crippen LogP contribution in [0.5, 0.6) is 0 Å². The fourth-order valence-corrected chi connectivity index (χ4v) is 4.46. The standard InChI is InChI=1S/C20H28N8O2S/c1-25(2)9-10-27-11-12-28(20(27)30)19-24-16(14-31-19)18(29)23-15-13-22-4-3-17(15)26-7-5-21-6-8-26/h3-4,13-14,21H,5-12H2,1-2H3,(H,23,29). The number of anilines is 3. The predicted octanol–water partition coefficient (Wildman–Crippen LogP) is 1.00. The minimum atomic E-state index is -0.303. The molecule has 0 unspecified atom stereocenters. The Labute approximate surface area is 185 Å². The van der Waals surface area contributed by atoms with Crippen molar-refractivity contribution in [3.05, 3.63) is 29.5 Å². The number of carbonyl (C=O) groups excluding carboxylic acids is 2. The Morgan fingerprint density at radius 2 is 2.06 bits per heavy atom. The molecule has 0 saturated carbocycles. The van der Waals surface area contributed by atoms with Crippen LogP contribution in [0.4, 0.5) is 21.3 Å². The highest BCUT2D eigenvalue weighted by atomic mass is 32.1. The highest BCUT2D eigenvalue weighted by Gasteiger charge is 2.31. The van der Waals surface area contributed by atoms with Gasteiger partial charge in [-0.3, -0.25) is 14.7 Å². The largest absolute Gasteiger partial charge is 0.367 e. The number of amides is 3. The smallest absolute Gasteiger partial charge is 0.326 e. The second kappa shape index (κ2) is 9.58. The number of thiazole rings is 1. The van der Waals surface area contributed by atoms with Crippen molar-refractivity contribution in [2.75, 3.05) is 81.6 Å². The topological polar surface area (TPSA) is 96.9 Å². The van der Waals surface area contributed by atoms with Crippen LogP contribution < -0.4 is 20.4 Å². The van der Waals surface area contributed by atoms with Gasteiger partial charge in [0.05, 0.1) is 17.6 Å². The first-order valence-corrected chi connectivity index (χ1v) is 11.3. The number of likely N-dealkylation sites (N-methyl/N-ethyl adjacent to an activating group) is 1. The number of piperazine rings is 1. The quantitative estimate of drug-likeness (QED) is 0.658. The highest BCUT2D eigenvalue weighted by molar-refractivity contribution is 7.14. The van der Waals surface area contributed by atoms with Gasteiger partial charge < -0.3 is 25.3 Å². The molecule has 2 fully saturated rings. The Hall–Kier alpha value is -2.76. The second-order valence-electron chi connectivity index (χ2n) is 7.82. The van der Waals surface area contributed by atoms with Crippen molar-refractivity contribution in [2.45, 2.75) is 0 Å². The molecular weight excluding hydrogens is 416 g/mol. The maximum atomic E-state index is 12.9. The first kappa shape index (κ1) is 21.5. The monoisotopic (exact) mass is 444 g/mol. The number of nitrogens with zero attached hydrogens (tertiary/aromatic N) is 6.